The lowest BCUT2D eigenvalue weighted by Crippen LogP contribution is -2.60. The second kappa shape index (κ2) is 28.9. The molecule has 1 saturated heterocycles. The van der Waals surface area contributed by atoms with Crippen LogP contribution in [0.2, 0.25) is 0 Å². The summed E-state index contributed by atoms with van der Waals surface area (Å²) in [5.41, 5.74) is 0. The third-order valence-electron chi connectivity index (χ3n) is 9.11. The van der Waals surface area contributed by atoms with Crippen LogP contribution in [0.25, 0.3) is 0 Å². The van der Waals surface area contributed by atoms with E-state index in [1.807, 2.05) is 6.08 Å². The van der Waals surface area contributed by atoms with Gasteiger partial charge >= 0.3 is 0 Å². The largest absolute Gasteiger partial charge is 0.394 e. The number of aliphatic hydroxyl groups excluding tert-OH is 5. The van der Waals surface area contributed by atoms with Crippen LogP contribution < -0.4 is 5.32 Å². The molecule has 9 nitrogen and oxygen atoms in total. The SMILES string of the molecule is CCCCCCCCCCCCC/C=C/[C@@H](O)[C@H](CO[C@@H]1O[C@H](CO)[C@H](O)C(O)C1O)NC(=O)CCCCCCCCCCCC. The van der Waals surface area contributed by atoms with E-state index in [1.54, 1.807) is 6.08 Å². The molecular formula is C37H71NO8. The zero-order valence-electron chi connectivity index (χ0n) is 29.3. The maximum absolute atomic E-state index is 12.8. The van der Waals surface area contributed by atoms with Gasteiger partial charge in [-0.25, -0.2) is 0 Å². The van der Waals surface area contributed by atoms with Gasteiger partial charge in [0.15, 0.2) is 6.29 Å². The van der Waals surface area contributed by atoms with Crippen molar-refractivity contribution in [3.05, 3.63) is 12.2 Å². The number of rotatable bonds is 30. The van der Waals surface area contributed by atoms with Crippen molar-refractivity contribution in [2.45, 2.75) is 204 Å². The first-order chi connectivity index (χ1) is 22.3. The van der Waals surface area contributed by atoms with Crippen molar-refractivity contribution >= 4 is 5.91 Å². The number of carbonyl (C=O) groups is 1. The summed E-state index contributed by atoms with van der Waals surface area (Å²) in [5, 5.41) is 53.8. The molecule has 1 aliphatic heterocycles. The van der Waals surface area contributed by atoms with Crippen molar-refractivity contribution in [1.29, 1.82) is 0 Å². The molecule has 46 heavy (non-hydrogen) atoms. The second-order valence-electron chi connectivity index (χ2n) is 13.4. The van der Waals surface area contributed by atoms with Crippen LogP contribution in [0.5, 0.6) is 0 Å². The van der Waals surface area contributed by atoms with Gasteiger partial charge in [-0.2, -0.15) is 0 Å². The first-order valence-corrected chi connectivity index (χ1v) is 18.9. The van der Waals surface area contributed by atoms with Crippen LogP contribution in [0.15, 0.2) is 12.2 Å². The van der Waals surface area contributed by atoms with Gasteiger partial charge in [0.25, 0.3) is 0 Å². The molecule has 0 aliphatic carbocycles. The average molecular weight is 658 g/mol. The van der Waals surface area contributed by atoms with E-state index in [4.69, 9.17) is 9.47 Å². The van der Waals surface area contributed by atoms with E-state index < -0.39 is 49.5 Å². The highest BCUT2D eigenvalue weighted by molar-refractivity contribution is 5.76. The summed E-state index contributed by atoms with van der Waals surface area (Å²) in [6.07, 6.45) is 22.5. The zero-order valence-corrected chi connectivity index (χ0v) is 29.3. The van der Waals surface area contributed by atoms with Crippen molar-refractivity contribution in [1.82, 2.24) is 5.32 Å². The fourth-order valence-corrected chi connectivity index (χ4v) is 5.98. The number of hydrogen-bond acceptors (Lipinski definition) is 8. The van der Waals surface area contributed by atoms with Crippen molar-refractivity contribution in [2.75, 3.05) is 13.2 Å². The van der Waals surface area contributed by atoms with Crippen molar-refractivity contribution in [2.24, 2.45) is 0 Å². The minimum atomic E-state index is -1.56. The molecule has 272 valence electrons. The Labute approximate surface area is 280 Å². The van der Waals surface area contributed by atoms with E-state index in [9.17, 15) is 30.3 Å². The molecular weight excluding hydrogens is 586 g/mol. The van der Waals surface area contributed by atoms with E-state index in [2.05, 4.69) is 19.2 Å². The fourth-order valence-electron chi connectivity index (χ4n) is 5.98. The highest BCUT2D eigenvalue weighted by Gasteiger charge is 2.44. The Bertz CT molecular complexity index is 736. The quantitative estimate of drug-likeness (QED) is 0.0394. The minimum absolute atomic E-state index is 0.181. The van der Waals surface area contributed by atoms with E-state index in [1.165, 1.54) is 103 Å². The molecule has 0 aromatic carbocycles. The van der Waals surface area contributed by atoms with Crippen LogP contribution in [0.1, 0.15) is 162 Å². The molecule has 0 aromatic rings. The number of unbranched alkanes of at least 4 members (excludes halogenated alkanes) is 20. The minimum Gasteiger partial charge on any atom is -0.394 e. The van der Waals surface area contributed by atoms with Crippen LogP contribution in [-0.2, 0) is 14.3 Å². The summed E-state index contributed by atoms with van der Waals surface area (Å²) in [6.45, 7) is 3.73. The first kappa shape index (κ1) is 43.0. The molecule has 0 radical (unpaired) electrons. The molecule has 1 rings (SSSR count). The van der Waals surface area contributed by atoms with Crippen molar-refractivity contribution in [3.8, 4) is 0 Å². The number of allylic oxidation sites excluding steroid dienone is 1. The molecule has 1 fully saturated rings. The van der Waals surface area contributed by atoms with Gasteiger partial charge < -0.3 is 40.3 Å². The Kier molecular flexibility index (Phi) is 27.0. The maximum Gasteiger partial charge on any atom is 0.220 e. The van der Waals surface area contributed by atoms with Gasteiger partial charge in [0.1, 0.15) is 24.4 Å². The highest BCUT2D eigenvalue weighted by Crippen LogP contribution is 2.22. The van der Waals surface area contributed by atoms with Gasteiger partial charge in [-0.1, -0.05) is 148 Å². The fraction of sp³-hybridized carbons (Fsp3) is 0.919. The number of amides is 1. The van der Waals surface area contributed by atoms with Crippen LogP contribution in [0, 0.1) is 0 Å². The summed E-state index contributed by atoms with van der Waals surface area (Å²) in [4.78, 5) is 12.8. The lowest BCUT2D eigenvalue weighted by atomic mass is 9.99. The van der Waals surface area contributed by atoms with Gasteiger partial charge in [0, 0.05) is 6.42 Å². The summed E-state index contributed by atoms with van der Waals surface area (Å²) in [7, 11) is 0. The van der Waals surface area contributed by atoms with Gasteiger partial charge in [0.2, 0.25) is 5.91 Å². The summed E-state index contributed by atoms with van der Waals surface area (Å²) in [6, 6.07) is -0.795. The molecule has 1 heterocycles. The number of hydrogen-bond donors (Lipinski definition) is 6. The topological polar surface area (TPSA) is 149 Å². The molecule has 0 bridgehead atoms. The summed E-state index contributed by atoms with van der Waals surface area (Å²) < 4.78 is 11.1. The molecule has 1 aliphatic rings. The zero-order chi connectivity index (χ0) is 33.8. The van der Waals surface area contributed by atoms with E-state index in [-0.39, 0.29) is 12.5 Å². The molecule has 0 spiro atoms. The Morgan fingerprint density at radius 2 is 1.20 bits per heavy atom. The first-order valence-electron chi connectivity index (χ1n) is 18.9. The van der Waals surface area contributed by atoms with Crippen LogP contribution >= 0.6 is 0 Å². The summed E-state index contributed by atoms with van der Waals surface area (Å²) >= 11 is 0. The Balaban J connectivity index is 2.48. The normalized spacial score (nSPS) is 23.2. The monoisotopic (exact) mass is 658 g/mol. The molecule has 2 unspecified atom stereocenters. The average Bonchev–Trinajstić information content (AvgIpc) is 3.05. The smallest absolute Gasteiger partial charge is 0.220 e. The van der Waals surface area contributed by atoms with Gasteiger partial charge in [-0.05, 0) is 19.3 Å². The predicted molar refractivity (Wildman–Crippen MR) is 184 cm³/mol. The number of aliphatic hydroxyl groups is 5. The van der Waals surface area contributed by atoms with Crippen LogP contribution in [0.4, 0.5) is 0 Å². The number of nitrogens with one attached hydrogen (secondary N) is 1. The second-order valence-corrected chi connectivity index (χ2v) is 13.4. The molecule has 9 heteroatoms. The van der Waals surface area contributed by atoms with Gasteiger partial charge in [-0.15, -0.1) is 0 Å². The standard InChI is InChI=1S/C37H71NO8/c1-3-5-7-9-11-13-15-16-17-18-20-22-24-26-31(40)30(29-45-37-36(44)35(43)34(42)32(28-39)46-37)38-33(41)27-25-23-21-19-14-12-10-8-6-4-2/h24,26,30-32,34-37,39-40,42-44H,3-23,25,27-29H2,1-2H3,(H,38,41)/b26-24+/t30-,31+,32+,34-,35?,36?,37+/m0/s1. The molecule has 1 amide bonds. The molecule has 7 atom stereocenters. The predicted octanol–water partition coefficient (Wildman–Crippen LogP) is 6.22. The molecule has 0 saturated carbocycles. The lowest BCUT2D eigenvalue weighted by Gasteiger charge is -2.40. The van der Waals surface area contributed by atoms with Crippen molar-refractivity contribution < 1.29 is 39.8 Å². The van der Waals surface area contributed by atoms with E-state index in [0.29, 0.717) is 6.42 Å². The van der Waals surface area contributed by atoms with Crippen LogP contribution in [-0.4, -0.2) is 87.5 Å². The third kappa shape index (κ3) is 20.3. The Morgan fingerprint density at radius 1 is 0.717 bits per heavy atom. The van der Waals surface area contributed by atoms with E-state index in [0.717, 1.165) is 38.5 Å². The molecule has 6 N–H and O–H groups in total. The molecule has 0 aromatic heterocycles. The third-order valence-corrected chi connectivity index (χ3v) is 9.11. The van der Waals surface area contributed by atoms with Gasteiger partial charge in [-0.3, -0.25) is 4.79 Å². The van der Waals surface area contributed by atoms with E-state index >= 15 is 0 Å². The maximum atomic E-state index is 12.8. The number of carbonyl (C=O) groups excluding carboxylic acids is 1. The highest BCUT2D eigenvalue weighted by atomic mass is 16.7. The van der Waals surface area contributed by atoms with Crippen LogP contribution in [0.3, 0.4) is 0 Å². The Morgan fingerprint density at radius 3 is 1.70 bits per heavy atom. The number of ether oxygens (including phenoxy) is 2. The van der Waals surface area contributed by atoms with Crippen molar-refractivity contribution in [3.63, 3.8) is 0 Å². The Hall–Kier alpha value is -1.07. The lowest BCUT2D eigenvalue weighted by molar-refractivity contribution is -0.302. The summed E-state index contributed by atoms with van der Waals surface area (Å²) in [5.74, 6) is -0.181. The van der Waals surface area contributed by atoms with Gasteiger partial charge in [0.05, 0.1) is 25.4 Å².